The molecule has 1 saturated heterocycles. The van der Waals surface area contributed by atoms with E-state index in [-0.39, 0.29) is 23.9 Å². The predicted octanol–water partition coefficient (Wildman–Crippen LogP) is 0.926. The van der Waals surface area contributed by atoms with Crippen LogP contribution in [0.3, 0.4) is 0 Å². The predicted molar refractivity (Wildman–Crippen MR) is 49.2 cm³/mol. The van der Waals surface area contributed by atoms with Crippen LogP contribution in [0.15, 0.2) is 0 Å². The lowest BCUT2D eigenvalue weighted by Gasteiger charge is -2.24. The second-order valence-corrected chi connectivity index (χ2v) is 4.65. The standard InChI is InChI=1S/C9H16N2O2/c1-9(2,3)6-11-5-7(12)10(4)8(11)13/h5-6H2,1-4H3. The third-order valence-corrected chi connectivity index (χ3v) is 1.92. The van der Waals surface area contributed by atoms with Crippen LogP contribution < -0.4 is 0 Å². The molecule has 1 aliphatic rings. The Morgan fingerprint density at radius 1 is 1.31 bits per heavy atom. The Bertz CT molecular complexity index is 242. The van der Waals surface area contributed by atoms with Gasteiger partial charge in [0.25, 0.3) is 0 Å². The number of carbonyl (C=O) groups excluding carboxylic acids is 2. The summed E-state index contributed by atoms with van der Waals surface area (Å²) in [6, 6.07) is -0.181. The SMILES string of the molecule is CN1C(=O)CN(CC(C)(C)C)C1=O. The molecule has 0 atom stereocenters. The molecule has 1 aliphatic heterocycles. The van der Waals surface area contributed by atoms with Gasteiger partial charge in [0.1, 0.15) is 6.54 Å². The maximum Gasteiger partial charge on any atom is 0.326 e. The number of amides is 3. The van der Waals surface area contributed by atoms with Gasteiger partial charge in [0, 0.05) is 13.6 Å². The number of imide groups is 1. The molecule has 0 radical (unpaired) electrons. The minimum Gasteiger partial charge on any atom is -0.314 e. The topological polar surface area (TPSA) is 40.6 Å². The molecule has 0 aromatic carbocycles. The van der Waals surface area contributed by atoms with Crippen LogP contribution in [-0.2, 0) is 4.79 Å². The van der Waals surface area contributed by atoms with Crippen LogP contribution in [0.2, 0.25) is 0 Å². The summed E-state index contributed by atoms with van der Waals surface area (Å²) in [5.41, 5.74) is 0.0428. The van der Waals surface area contributed by atoms with Crippen LogP contribution in [0.1, 0.15) is 20.8 Å². The molecule has 0 N–H and O–H groups in total. The molecular weight excluding hydrogens is 168 g/mol. The molecule has 0 aliphatic carbocycles. The molecule has 1 heterocycles. The monoisotopic (exact) mass is 184 g/mol. The fourth-order valence-electron chi connectivity index (χ4n) is 1.35. The molecular formula is C9H16N2O2. The lowest BCUT2D eigenvalue weighted by atomic mass is 9.96. The van der Waals surface area contributed by atoms with Gasteiger partial charge in [-0.15, -0.1) is 0 Å². The summed E-state index contributed by atoms with van der Waals surface area (Å²) < 4.78 is 0. The molecule has 0 aromatic heterocycles. The molecule has 74 valence electrons. The Hall–Kier alpha value is -1.06. The molecule has 0 aromatic rings. The van der Waals surface area contributed by atoms with E-state index in [1.54, 1.807) is 4.90 Å². The molecule has 0 saturated carbocycles. The lowest BCUT2D eigenvalue weighted by molar-refractivity contribution is -0.124. The van der Waals surface area contributed by atoms with E-state index in [0.717, 1.165) is 0 Å². The Labute approximate surface area is 78.5 Å². The first-order chi connectivity index (χ1) is 5.81. The first-order valence-corrected chi connectivity index (χ1v) is 4.37. The summed E-state index contributed by atoms with van der Waals surface area (Å²) in [6.07, 6.45) is 0. The number of urea groups is 1. The fourth-order valence-corrected chi connectivity index (χ4v) is 1.35. The molecule has 0 bridgehead atoms. The van der Waals surface area contributed by atoms with Crippen LogP contribution in [0.4, 0.5) is 4.79 Å². The summed E-state index contributed by atoms with van der Waals surface area (Å²) in [5, 5.41) is 0. The normalized spacial score (nSPS) is 18.8. The first kappa shape index (κ1) is 10.0. The Kier molecular flexibility index (Phi) is 2.32. The van der Waals surface area contributed by atoms with E-state index in [9.17, 15) is 9.59 Å². The van der Waals surface area contributed by atoms with E-state index in [2.05, 4.69) is 0 Å². The molecule has 13 heavy (non-hydrogen) atoms. The Morgan fingerprint density at radius 3 is 2.15 bits per heavy atom. The zero-order chi connectivity index (χ0) is 10.2. The van der Waals surface area contributed by atoms with Crippen LogP contribution in [0, 0.1) is 5.41 Å². The van der Waals surface area contributed by atoms with Gasteiger partial charge in [0.15, 0.2) is 0 Å². The second kappa shape index (κ2) is 3.01. The molecule has 3 amide bonds. The summed E-state index contributed by atoms with van der Waals surface area (Å²) in [7, 11) is 1.52. The second-order valence-electron chi connectivity index (χ2n) is 4.65. The summed E-state index contributed by atoms with van der Waals surface area (Å²) in [5.74, 6) is -0.116. The van der Waals surface area contributed by atoms with Gasteiger partial charge in [-0.2, -0.15) is 0 Å². The van der Waals surface area contributed by atoms with Gasteiger partial charge in [-0.3, -0.25) is 9.69 Å². The average molecular weight is 184 g/mol. The van der Waals surface area contributed by atoms with Crippen molar-refractivity contribution in [3.63, 3.8) is 0 Å². The van der Waals surface area contributed by atoms with Gasteiger partial charge in [-0.05, 0) is 5.41 Å². The van der Waals surface area contributed by atoms with Crippen molar-refractivity contribution in [2.75, 3.05) is 20.1 Å². The van der Waals surface area contributed by atoms with Crippen molar-refractivity contribution in [3.8, 4) is 0 Å². The van der Waals surface area contributed by atoms with Crippen molar-refractivity contribution in [1.82, 2.24) is 9.80 Å². The zero-order valence-corrected chi connectivity index (χ0v) is 8.63. The molecule has 4 nitrogen and oxygen atoms in total. The number of hydrogen-bond donors (Lipinski definition) is 0. The minimum absolute atomic E-state index is 0.0428. The number of hydrogen-bond acceptors (Lipinski definition) is 2. The van der Waals surface area contributed by atoms with Crippen LogP contribution in [-0.4, -0.2) is 41.9 Å². The van der Waals surface area contributed by atoms with Gasteiger partial charge in [0.2, 0.25) is 5.91 Å². The number of rotatable bonds is 1. The van der Waals surface area contributed by atoms with Crippen molar-refractivity contribution in [3.05, 3.63) is 0 Å². The average Bonchev–Trinajstić information content (AvgIpc) is 2.15. The van der Waals surface area contributed by atoms with Crippen molar-refractivity contribution in [2.45, 2.75) is 20.8 Å². The van der Waals surface area contributed by atoms with Gasteiger partial charge in [-0.1, -0.05) is 20.8 Å². The Morgan fingerprint density at radius 2 is 1.85 bits per heavy atom. The Balaban J connectivity index is 2.65. The maximum absolute atomic E-state index is 11.4. The molecule has 1 rings (SSSR count). The number of carbonyl (C=O) groups is 2. The van der Waals surface area contributed by atoms with E-state index < -0.39 is 0 Å². The van der Waals surface area contributed by atoms with E-state index in [1.165, 1.54) is 11.9 Å². The van der Waals surface area contributed by atoms with Gasteiger partial charge in [-0.25, -0.2) is 4.79 Å². The van der Waals surface area contributed by atoms with Crippen LogP contribution >= 0.6 is 0 Å². The highest BCUT2D eigenvalue weighted by atomic mass is 16.2. The van der Waals surface area contributed by atoms with Crippen LogP contribution in [0.5, 0.6) is 0 Å². The third-order valence-electron chi connectivity index (χ3n) is 1.92. The van der Waals surface area contributed by atoms with Crippen molar-refractivity contribution < 1.29 is 9.59 Å². The van der Waals surface area contributed by atoms with Gasteiger partial charge < -0.3 is 4.90 Å². The quantitative estimate of drug-likeness (QED) is 0.569. The molecule has 0 spiro atoms. The van der Waals surface area contributed by atoms with Gasteiger partial charge >= 0.3 is 6.03 Å². The van der Waals surface area contributed by atoms with Crippen molar-refractivity contribution >= 4 is 11.9 Å². The largest absolute Gasteiger partial charge is 0.326 e. The minimum atomic E-state index is -0.181. The number of likely N-dealkylation sites (N-methyl/N-ethyl adjacent to an activating group) is 1. The molecule has 0 unspecified atom stereocenters. The van der Waals surface area contributed by atoms with Crippen LogP contribution in [0.25, 0.3) is 0 Å². The van der Waals surface area contributed by atoms with E-state index in [1.807, 2.05) is 20.8 Å². The zero-order valence-electron chi connectivity index (χ0n) is 8.63. The highest BCUT2D eigenvalue weighted by Crippen LogP contribution is 2.18. The third kappa shape index (κ3) is 2.20. The number of nitrogens with zero attached hydrogens (tertiary/aromatic N) is 2. The fraction of sp³-hybridized carbons (Fsp3) is 0.778. The molecule has 1 fully saturated rings. The maximum atomic E-state index is 11.4. The van der Waals surface area contributed by atoms with E-state index >= 15 is 0 Å². The highest BCUT2D eigenvalue weighted by Gasteiger charge is 2.34. The summed E-state index contributed by atoms with van der Waals surface area (Å²) >= 11 is 0. The lowest BCUT2D eigenvalue weighted by Crippen LogP contribution is -2.35. The summed E-state index contributed by atoms with van der Waals surface area (Å²) in [4.78, 5) is 25.3. The van der Waals surface area contributed by atoms with Gasteiger partial charge in [0.05, 0.1) is 0 Å². The van der Waals surface area contributed by atoms with E-state index in [0.29, 0.717) is 6.54 Å². The molecule has 4 heteroatoms. The van der Waals surface area contributed by atoms with E-state index in [4.69, 9.17) is 0 Å². The highest BCUT2D eigenvalue weighted by molar-refractivity contribution is 6.01. The summed E-state index contributed by atoms with van der Waals surface area (Å²) in [6.45, 7) is 6.99. The smallest absolute Gasteiger partial charge is 0.314 e. The van der Waals surface area contributed by atoms with Crippen molar-refractivity contribution in [2.24, 2.45) is 5.41 Å². The van der Waals surface area contributed by atoms with Crippen molar-refractivity contribution in [1.29, 1.82) is 0 Å². The first-order valence-electron chi connectivity index (χ1n) is 4.37.